The molecule has 128 valence electrons. The molecule has 1 aromatic heterocycles. The second kappa shape index (κ2) is 7.77. The summed E-state index contributed by atoms with van der Waals surface area (Å²) >= 11 is 0. The van der Waals surface area contributed by atoms with Crippen LogP contribution in [0.25, 0.3) is 0 Å². The van der Waals surface area contributed by atoms with Crippen molar-refractivity contribution in [1.29, 1.82) is 0 Å². The fourth-order valence-electron chi connectivity index (χ4n) is 3.35. The van der Waals surface area contributed by atoms with Crippen molar-refractivity contribution >= 4 is 11.6 Å². The van der Waals surface area contributed by atoms with Gasteiger partial charge in [0.1, 0.15) is 5.60 Å². The number of hydrogen-bond donors (Lipinski definition) is 1. The van der Waals surface area contributed by atoms with Crippen LogP contribution in [0.5, 0.6) is 5.88 Å². The lowest BCUT2D eigenvalue weighted by Crippen LogP contribution is -2.48. The molecule has 5 nitrogen and oxygen atoms in total. The first-order valence-electron chi connectivity index (χ1n) is 8.55. The van der Waals surface area contributed by atoms with Crippen LogP contribution in [0.3, 0.4) is 0 Å². The first-order chi connectivity index (χ1) is 11.0. The third kappa shape index (κ3) is 4.22. The molecule has 0 aromatic carbocycles. The molecular formula is C18H28N2O3. The molecule has 1 saturated carbocycles. The van der Waals surface area contributed by atoms with Gasteiger partial charge in [0.05, 0.1) is 18.5 Å². The number of carbonyl (C=O) groups excluding carboxylic acids is 1. The first-order valence-corrected chi connectivity index (χ1v) is 8.55. The van der Waals surface area contributed by atoms with E-state index in [4.69, 9.17) is 9.47 Å². The van der Waals surface area contributed by atoms with Gasteiger partial charge in [-0.05, 0) is 52.0 Å². The number of anilines is 1. The predicted molar refractivity (Wildman–Crippen MR) is 90.8 cm³/mol. The van der Waals surface area contributed by atoms with Crippen molar-refractivity contribution < 1.29 is 14.3 Å². The molecule has 0 aliphatic heterocycles. The third-order valence-electron chi connectivity index (χ3n) is 4.36. The maximum atomic E-state index is 12.9. The number of hydrogen-bond acceptors (Lipinski definition) is 4. The van der Waals surface area contributed by atoms with Gasteiger partial charge in [-0.1, -0.05) is 13.3 Å². The summed E-state index contributed by atoms with van der Waals surface area (Å²) in [5.41, 5.74) is 0.888. The number of pyridine rings is 1. The Labute approximate surface area is 138 Å². The van der Waals surface area contributed by atoms with Crippen molar-refractivity contribution in [2.75, 3.05) is 18.5 Å². The highest BCUT2D eigenvalue weighted by Crippen LogP contribution is 2.36. The minimum absolute atomic E-state index is 0.0590. The Morgan fingerprint density at radius 2 is 2.22 bits per heavy atom. The average Bonchev–Trinajstić information content (AvgIpc) is 2.50. The molecule has 1 aliphatic rings. The maximum Gasteiger partial charge on any atom is 0.256 e. The van der Waals surface area contributed by atoms with Crippen LogP contribution >= 0.6 is 0 Å². The Balaban J connectivity index is 2.13. The summed E-state index contributed by atoms with van der Waals surface area (Å²) < 4.78 is 11.3. The zero-order chi connectivity index (χ0) is 16.9. The minimum atomic E-state index is -0.709. The number of rotatable bonds is 6. The molecule has 0 bridgehead atoms. The van der Waals surface area contributed by atoms with E-state index in [1.807, 2.05) is 26.8 Å². The van der Waals surface area contributed by atoms with Crippen LogP contribution in [0, 0.1) is 12.8 Å². The number of aromatic nitrogens is 1. The van der Waals surface area contributed by atoms with Crippen LogP contribution in [0.15, 0.2) is 12.3 Å². The number of carbonyl (C=O) groups is 1. The summed E-state index contributed by atoms with van der Waals surface area (Å²) in [5, 5.41) is 2.99. The highest BCUT2D eigenvalue weighted by Gasteiger charge is 2.42. The first kappa shape index (κ1) is 17.7. The van der Waals surface area contributed by atoms with Crippen LogP contribution in [0.2, 0.25) is 0 Å². The Kier molecular flexibility index (Phi) is 5.99. The van der Waals surface area contributed by atoms with Gasteiger partial charge >= 0.3 is 0 Å². The summed E-state index contributed by atoms with van der Waals surface area (Å²) in [6.07, 6.45) is 5.37. The molecule has 5 heteroatoms. The number of nitrogens with zero attached hydrogens (tertiary/aromatic N) is 1. The highest BCUT2D eigenvalue weighted by atomic mass is 16.5. The molecule has 0 radical (unpaired) electrons. The number of amides is 1. The fourth-order valence-corrected chi connectivity index (χ4v) is 3.35. The average molecular weight is 320 g/mol. The quantitative estimate of drug-likeness (QED) is 0.868. The maximum absolute atomic E-state index is 12.9. The largest absolute Gasteiger partial charge is 0.478 e. The molecule has 0 unspecified atom stereocenters. The molecule has 1 aliphatic carbocycles. The van der Waals surface area contributed by atoms with E-state index in [2.05, 4.69) is 17.2 Å². The molecule has 1 fully saturated rings. The van der Waals surface area contributed by atoms with Gasteiger partial charge in [0.2, 0.25) is 5.88 Å². The van der Waals surface area contributed by atoms with E-state index < -0.39 is 5.60 Å². The molecule has 0 spiro atoms. The van der Waals surface area contributed by atoms with Crippen LogP contribution < -0.4 is 10.1 Å². The molecule has 23 heavy (non-hydrogen) atoms. The smallest absolute Gasteiger partial charge is 0.256 e. The molecular weight excluding hydrogens is 292 g/mol. The fraction of sp³-hybridized carbons (Fsp3) is 0.667. The van der Waals surface area contributed by atoms with Gasteiger partial charge in [0, 0.05) is 12.2 Å². The van der Waals surface area contributed by atoms with E-state index >= 15 is 0 Å². The van der Waals surface area contributed by atoms with Gasteiger partial charge in [-0.2, -0.15) is 0 Å². The summed E-state index contributed by atoms with van der Waals surface area (Å²) in [5.74, 6) is 1.05. The van der Waals surface area contributed by atoms with Crippen molar-refractivity contribution in [3.05, 3.63) is 17.8 Å². The van der Waals surface area contributed by atoms with E-state index in [1.54, 1.807) is 6.20 Å². The molecule has 1 aromatic rings. The van der Waals surface area contributed by atoms with Gasteiger partial charge in [-0.25, -0.2) is 4.98 Å². The normalized spacial score (nSPS) is 24.3. The SMILES string of the molecule is CCOc1ncc(NC(=O)[C@]2(OCC)CCC[C@H](C)C2)cc1C. The lowest BCUT2D eigenvalue weighted by molar-refractivity contribution is -0.147. The van der Waals surface area contributed by atoms with Crippen LogP contribution in [0.4, 0.5) is 5.69 Å². The van der Waals surface area contributed by atoms with Crippen molar-refractivity contribution in [2.45, 2.75) is 59.0 Å². The van der Waals surface area contributed by atoms with Gasteiger partial charge < -0.3 is 14.8 Å². The summed E-state index contributed by atoms with van der Waals surface area (Å²) in [6.45, 7) is 9.09. The standard InChI is InChI=1S/C18H28N2O3/c1-5-22-16-14(4)10-15(12-19-16)20-17(21)18(23-6-2)9-7-8-13(3)11-18/h10,12-13H,5-9,11H2,1-4H3,(H,20,21)/t13-,18-/m0/s1. The zero-order valence-corrected chi connectivity index (χ0v) is 14.6. The molecule has 1 heterocycles. The van der Waals surface area contributed by atoms with Crippen molar-refractivity contribution in [3.63, 3.8) is 0 Å². The van der Waals surface area contributed by atoms with Gasteiger partial charge in [-0.15, -0.1) is 0 Å². The third-order valence-corrected chi connectivity index (χ3v) is 4.36. The number of aryl methyl sites for hydroxylation is 1. The monoisotopic (exact) mass is 320 g/mol. The topological polar surface area (TPSA) is 60.5 Å². The van der Waals surface area contributed by atoms with Crippen LogP contribution in [-0.2, 0) is 9.53 Å². The van der Waals surface area contributed by atoms with Crippen molar-refractivity contribution in [1.82, 2.24) is 4.98 Å². The van der Waals surface area contributed by atoms with Gasteiger partial charge in [-0.3, -0.25) is 4.79 Å². The minimum Gasteiger partial charge on any atom is -0.478 e. The van der Waals surface area contributed by atoms with Crippen molar-refractivity contribution in [2.24, 2.45) is 5.92 Å². The second-order valence-corrected chi connectivity index (χ2v) is 6.36. The van der Waals surface area contributed by atoms with Crippen molar-refractivity contribution in [3.8, 4) is 5.88 Å². The van der Waals surface area contributed by atoms with Crippen LogP contribution in [-0.4, -0.2) is 29.7 Å². The highest BCUT2D eigenvalue weighted by molar-refractivity contribution is 5.97. The lowest BCUT2D eigenvalue weighted by atomic mass is 9.78. The Morgan fingerprint density at radius 1 is 1.43 bits per heavy atom. The molecule has 2 rings (SSSR count). The van der Waals surface area contributed by atoms with E-state index in [9.17, 15) is 4.79 Å². The Morgan fingerprint density at radius 3 is 2.83 bits per heavy atom. The van der Waals surface area contributed by atoms with Gasteiger partial charge in [0.25, 0.3) is 5.91 Å². The Bertz CT molecular complexity index is 543. The van der Waals surface area contributed by atoms with E-state index in [1.165, 1.54) is 0 Å². The van der Waals surface area contributed by atoms with Crippen LogP contribution in [0.1, 0.15) is 52.0 Å². The lowest BCUT2D eigenvalue weighted by Gasteiger charge is -2.38. The zero-order valence-electron chi connectivity index (χ0n) is 14.6. The van der Waals surface area contributed by atoms with E-state index in [0.717, 1.165) is 31.2 Å². The molecule has 2 atom stereocenters. The molecule has 1 amide bonds. The Hall–Kier alpha value is -1.62. The summed E-state index contributed by atoms with van der Waals surface area (Å²) in [7, 11) is 0. The van der Waals surface area contributed by atoms with E-state index in [-0.39, 0.29) is 5.91 Å². The van der Waals surface area contributed by atoms with E-state index in [0.29, 0.717) is 30.7 Å². The number of ether oxygens (including phenoxy) is 2. The molecule has 0 saturated heterocycles. The van der Waals surface area contributed by atoms with Gasteiger partial charge in [0.15, 0.2) is 0 Å². The summed E-state index contributed by atoms with van der Waals surface area (Å²) in [6, 6.07) is 1.89. The predicted octanol–water partition coefficient (Wildman–Crippen LogP) is 3.71. The summed E-state index contributed by atoms with van der Waals surface area (Å²) in [4.78, 5) is 17.1. The second-order valence-electron chi connectivity index (χ2n) is 6.36. The number of nitrogens with one attached hydrogen (secondary N) is 1. The molecule has 1 N–H and O–H groups in total.